The third-order valence-corrected chi connectivity index (χ3v) is 3.94. The Labute approximate surface area is 138 Å². The van der Waals surface area contributed by atoms with Gasteiger partial charge in [0.15, 0.2) is 0 Å². The van der Waals surface area contributed by atoms with Crippen LogP contribution in [0.3, 0.4) is 0 Å². The number of alkyl halides is 4. The molecule has 0 aliphatic rings. The molecule has 2 aromatic rings. The van der Waals surface area contributed by atoms with Crippen molar-refractivity contribution in [3.05, 3.63) is 64.7 Å². The number of phenolic OH excluding ortho intramolecular Hbond substituents is 1. The van der Waals surface area contributed by atoms with Gasteiger partial charge in [-0.3, -0.25) is 0 Å². The average molecular weight is 350 g/mol. The van der Waals surface area contributed by atoms with Crippen LogP contribution in [0, 0.1) is 0 Å². The summed E-state index contributed by atoms with van der Waals surface area (Å²) in [5.74, 6) is 0.561. The number of halogens is 4. The molecule has 0 fully saturated rings. The lowest BCUT2D eigenvalue weighted by Gasteiger charge is -2.17. The van der Waals surface area contributed by atoms with Gasteiger partial charge in [-0.05, 0) is 35.2 Å². The van der Waals surface area contributed by atoms with Gasteiger partial charge in [0.2, 0.25) is 3.79 Å². The lowest BCUT2D eigenvalue weighted by molar-refractivity contribution is 0.474. The highest BCUT2D eigenvalue weighted by atomic mass is 35.6. The Bertz CT molecular complexity index is 605. The minimum Gasteiger partial charge on any atom is -0.508 e. The maximum atomic E-state index is 9.62. The molecule has 0 aromatic heterocycles. The van der Waals surface area contributed by atoms with Crippen molar-refractivity contribution in [2.24, 2.45) is 0 Å². The first-order chi connectivity index (χ1) is 9.41. The standard InChI is InChI=1S/C15H12Cl4O/c16-9-11-5-6-13(20)8-12(11)7-10-3-1-2-4-14(10)15(17,18)19/h1-6,8,20H,7,9H2. The molecule has 0 amide bonds. The van der Waals surface area contributed by atoms with Gasteiger partial charge in [0.25, 0.3) is 0 Å². The first kappa shape index (κ1) is 15.8. The summed E-state index contributed by atoms with van der Waals surface area (Å²) in [6.45, 7) is 0. The van der Waals surface area contributed by atoms with Crippen molar-refractivity contribution in [3.63, 3.8) is 0 Å². The molecule has 0 aliphatic carbocycles. The van der Waals surface area contributed by atoms with Gasteiger partial charge >= 0.3 is 0 Å². The Morgan fingerprint density at radius 2 is 1.60 bits per heavy atom. The summed E-state index contributed by atoms with van der Waals surface area (Å²) < 4.78 is -1.48. The summed E-state index contributed by atoms with van der Waals surface area (Å²) in [6.07, 6.45) is 0.542. The van der Waals surface area contributed by atoms with Crippen molar-refractivity contribution in [1.82, 2.24) is 0 Å². The number of phenols is 1. The van der Waals surface area contributed by atoms with Crippen molar-refractivity contribution in [2.45, 2.75) is 16.1 Å². The molecular weight excluding hydrogens is 338 g/mol. The van der Waals surface area contributed by atoms with Crippen LogP contribution >= 0.6 is 46.4 Å². The Morgan fingerprint density at radius 1 is 0.900 bits per heavy atom. The predicted octanol–water partition coefficient (Wildman–Crippen LogP) is 5.55. The Morgan fingerprint density at radius 3 is 2.25 bits per heavy atom. The van der Waals surface area contributed by atoms with E-state index in [0.717, 1.165) is 16.7 Å². The van der Waals surface area contributed by atoms with Crippen molar-refractivity contribution >= 4 is 46.4 Å². The van der Waals surface area contributed by atoms with Crippen LogP contribution in [0.15, 0.2) is 42.5 Å². The second-order valence-corrected chi connectivity index (χ2v) is 6.97. The highest BCUT2D eigenvalue weighted by Gasteiger charge is 2.25. The zero-order valence-electron chi connectivity index (χ0n) is 10.4. The summed E-state index contributed by atoms with van der Waals surface area (Å²) >= 11 is 23.9. The highest BCUT2D eigenvalue weighted by molar-refractivity contribution is 6.66. The molecule has 0 aliphatic heterocycles. The van der Waals surface area contributed by atoms with Crippen molar-refractivity contribution in [2.75, 3.05) is 0 Å². The smallest absolute Gasteiger partial charge is 0.216 e. The Kier molecular flexibility index (Phi) is 5.09. The van der Waals surface area contributed by atoms with E-state index < -0.39 is 3.79 Å². The van der Waals surface area contributed by atoms with Crippen LogP contribution in [0.2, 0.25) is 0 Å². The molecule has 0 spiro atoms. The molecule has 1 nitrogen and oxygen atoms in total. The van der Waals surface area contributed by atoms with Crippen LogP contribution in [0.5, 0.6) is 5.75 Å². The zero-order chi connectivity index (χ0) is 14.8. The molecule has 0 heterocycles. The number of hydrogen-bond acceptors (Lipinski definition) is 1. The SMILES string of the molecule is Oc1ccc(CCl)c(Cc2ccccc2C(Cl)(Cl)Cl)c1. The fourth-order valence-corrected chi connectivity index (χ4v) is 2.88. The van der Waals surface area contributed by atoms with Gasteiger partial charge in [0.05, 0.1) is 0 Å². The zero-order valence-corrected chi connectivity index (χ0v) is 13.4. The number of hydrogen-bond donors (Lipinski definition) is 1. The number of rotatable bonds is 3. The van der Waals surface area contributed by atoms with Crippen LogP contribution in [-0.2, 0) is 16.1 Å². The first-order valence-electron chi connectivity index (χ1n) is 5.93. The van der Waals surface area contributed by atoms with E-state index in [1.807, 2.05) is 18.2 Å². The largest absolute Gasteiger partial charge is 0.508 e. The summed E-state index contributed by atoms with van der Waals surface area (Å²) in [4.78, 5) is 0. The third-order valence-electron chi connectivity index (χ3n) is 3.04. The molecule has 2 aromatic carbocycles. The van der Waals surface area contributed by atoms with E-state index in [1.54, 1.807) is 24.3 Å². The van der Waals surface area contributed by atoms with E-state index in [-0.39, 0.29) is 5.75 Å². The van der Waals surface area contributed by atoms with Gasteiger partial charge in [-0.25, -0.2) is 0 Å². The fourth-order valence-electron chi connectivity index (χ4n) is 2.06. The van der Waals surface area contributed by atoms with Gasteiger partial charge in [0.1, 0.15) is 5.75 Å². The number of benzene rings is 2. The van der Waals surface area contributed by atoms with Crippen molar-refractivity contribution < 1.29 is 5.11 Å². The Hall–Kier alpha value is -0.600. The summed E-state index contributed by atoms with van der Waals surface area (Å²) in [7, 11) is 0. The Balaban J connectivity index is 2.43. The first-order valence-corrected chi connectivity index (χ1v) is 7.60. The molecule has 0 atom stereocenters. The molecule has 0 saturated heterocycles. The predicted molar refractivity (Wildman–Crippen MR) is 86.1 cm³/mol. The normalized spacial score (nSPS) is 11.6. The lowest BCUT2D eigenvalue weighted by Crippen LogP contribution is -2.06. The minimum atomic E-state index is -1.48. The maximum absolute atomic E-state index is 9.62. The van der Waals surface area contributed by atoms with E-state index in [9.17, 15) is 5.11 Å². The van der Waals surface area contributed by atoms with E-state index in [1.165, 1.54) is 0 Å². The van der Waals surface area contributed by atoms with Gasteiger partial charge in [-0.2, -0.15) is 0 Å². The van der Waals surface area contributed by atoms with E-state index in [4.69, 9.17) is 46.4 Å². The molecule has 20 heavy (non-hydrogen) atoms. The van der Waals surface area contributed by atoms with E-state index >= 15 is 0 Å². The van der Waals surface area contributed by atoms with Crippen LogP contribution in [0.4, 0.5) is 0 Å². The van der Waals surface area contributed by atoms with Crippen LogP contribution < -0.4 is 0 Å². The fraction of sp³-hybridized carbons (Fsp3) is 0.200. The molecule has 0 unspecified atom stereocenters. The van der Waals surface area contributed by atoms with Crippen LogP contribution in [0.25, 0.3) is 0 Å². The molecule has 106 valence electrons. The topological polar surface area (TPSA) is 20.2 Å². The molecule has 2 rings (SSSR count). The second-order valence-electron chi connectivity index (χ2n) is 4.42. The molecule has 0 saturated carbocycles. The monoisotopic (exact) mass is 348 g/mol. The van der Waals surface area contributed by atoms with E-state index in [2.05, 4.69) is 0 Å². The lowest BCUT2D eigenvalue weighted by atomic mass is 9.97. The van der Waals surface area contributed by atoms with Gasteiger partial charge in [-0.15, -0.1) is 11.6 Å². The number of aromatic hydroxyl groups is 1. The molecule has 0 bridgehead atoms. The van der Waals surface area contributed by atoms with Crippen LogP contribution in [-0.4, -0.2) is 5.11 Å². The van der Waals surface area contributed by atoms with Gasteiger partial charge in [-0.1, -0.05) is 65.1 Å². The van der Waals surface area contributed by atoms with Crippen LogP contribution in [0.1, 0.15) is 22.3 Å². The minimum absolute atomic E-state index is 0.195. The molecule has 1 N–H and O–H groups in total. The quantitative estimate of drug-likeness (QED) is 0.720. The summed E-state index contributed by atoms with van der Waals surface area (Å²) in [5, 5.41) is 9.62. The highest BCUT2D eigenvalue weighted by Crippen LogP contribution is 2.40. The summed E-state index contributed by atoms with van der Waals surface area (Å²) in [6, 6.07) is 12.5. The molecular formula is C15H12Cl4O. The van der Waals surface area contributed by atoms with Gasteiger partial charge < -0.3 is 5.11 Å². The third kappa shape index (κ3) is 3.73. The molecule has 0 radical (unpaired) electrons. The van der Waals surface area contributed by atoms with Crippen molar-refractivity contribution in [3.8, 4) is 5.75 Å². The second kappa shape index (κ2) is 6.44. The van der Waals surface area contributed by atoms with Gasteiger partial charge in [0, 0.05) is 11.4 Å². The average Bonchev–Trinajstić information content (AvgIpc) is 2.38. The van der Waals surface area contributed by atoms with E-state index in [0.29, 0.717) is 17.9 Å². The summed E-state index contributed by atoms with van der Waals surface area (Å²) in [5.41, 5.74) is 3.39. The maximum Gasteiger partial charge on any atom is 0.216 e. The van der Waals surface area contributed by atoms with Crippen molar-refractivity contribution in [1.29, 1.82) is 0 Å². The molecule has 5 heteroatoms.